The molecule has 3 nitrogen and oxygen atoms in total. The molecular weight excluding hydrogens is 318 g/mol. The highest BCUT2D eigenvalue weighted by atomic mass is 79.9. The summed E-state index contributed by atoms with van der Waals surface area (Å²) in [6, 6.07) is 11.7. The molecule has 0 saturated carbocycles. The number of anilines is 1. The van der Waals surface area contributed by atoms with E-state index < -0.39 is 0 Å². The third-order valence-corrected chi connectivity index (χ3v) is 4.23. The average molecular weight is 332 g/mol. The van der Waals surface area contributed by atoms with E-state index in [0.717, 1.165) is 17.3 Å². The summed E-state index contributed by atoms with van der Waals surface area (Å²) in [5.41, 5.74) is 0.588. The van der Waals surface area contributed by atoms with Crippen molar-refractivity contribution >= 4 is 43.6 Å². The van der Waals surface area contributed by atoms with Crippen molar-refractivity contribution in [3.8, 4) is 0 Å². The predicted octanol–water partition coefficient (Wildman–Crippen LogP) is 4.16. The topological polar surface area (TPSA) is 33.5 Å². The number of hydrogen-bond acceptors (Lipinski definition) is 3. The zero-order valence-electron chi connectivity index (χ0n) is 11.3. The first kappa shape index (κ1) is 13.2. The molecule has 0 spiro atoms. The molecule has 1 heterocycles. The minimum atomic E-state index is -0.0293. The molecule has 0 N–H and O–H groups in total. The van der Waals surface area contributed by atoms with Crippen LogP contribution in [0.4, 0.5) is 5.88 Å². The maximum Gasteiger partial charge on any atom is 0.214 e. The van der Waals surface area contributed by atoms with E-state index in [1.165, 1.54) is 0 Å². The van der Waals surface area contributed by atoms with Crippen LogP contribution in [0.5, 0.6) is 0 Å². The van der Waals surface area contributed by atoms with Gasteiger partial charge < -0.3 is 9.32 Å². The standard InChI is InChI=1S/C16H14BrNO2/c1-3-18(2)16-14(17)15(19)13-11-7-5-4-6-10(11)8-9-12(13)20-16/h4-9H,3H2,1-2H3. The van der Waals surface area contributed by atoms with E-state index in [0.29, 0.717) is 21.3 Å². The van der Waals surface area contributed by atoms with Crippen molar-refractivity contribution in [2.24, 2.45) is 0 Å². The Balaban J connectivity index is 2.47. The number of halogens is 1. The molecule has 4 heteroatoms. The van der Waals surface area contributed by atoms with Gasteiger partial charge in [-0.05, 0) is 39.7 Å². The molecule has 0 radical (unpaired) electrons. The van der Waals surface area contributed by atoms with Gasteiger partial charge in [-0.2, -0.15) is 0 Å². The van der Waals surface area contributed by atoms with Gasteiger partial charge in [0.05, 0.1) is 5.39 Å². The van der Waals surface area contributed by atoms with Crippen molar-refractivity contribution in [1.82, 2.24) is 0 Å². The maximum atomic E-state index is 12.6. The molecule has 1 aromatic heterocycles. The smallest absolute Gasteiger partial charge is 0.214 e. The van der Waals surface area contributed by atoms with Crippen LogP contribution in [0.15, 0.2) is 50.1 Å². The van der Waals surface area contributed by atoms with Crippen molar-refractivity contribution in [2.75, 3.05) is 18.5 Å². The van der Waals surface area contributed by atoms with Crippen LogP contribution in [0.1, 0.15) is 6.92 Å². The maximum absolute atomic E-state index is 12.6. The van der Waals surface area contributed by atoms with Gasteiger partial charge in [-0.15, -0.1) is 0 Å². The van der Waals surface area contributed by atoms with E-state index >= 15 is 0 Å². The molecular formula is C16H14BrNO2. The molecule has 20 heavy (non-hydrogen) atoms. The summed E-state index contributed by atoms with van der Waals surface area (Å²) in [5, 5.41) is 2.59. The lowest BCUT2D eigenvalue weighted by atomic mass is 10.1. The summed E-state index contributed by atoms with van der Waals surface area (Å²) < 4.78 is 6.39. The largest absolute Gasteiger partial charge is 0.439 e. The van der Waals surface area contributed by atoms with Crippen LogP contribution in [0, 0.1) is 0 Å². The van der Waals surface area contributed by atoms with Gasteiger partial charge in [0.1, 0.15) is 10.1 Å². The first-order chi connectivity index (χ1) is 9.63. The van der Waals surface area contributed by atoms with Crippen LogP contribution < -0.4 is 10.3 Å². The first-order valence-electron chi connectivity index (χ1n) is 6.48. The lowest BCUT2D eigenvalue weighted by molar-refractivity contribution is 0.585. The zero-order chi connectivity index (χ0) is 14.3. The Morgan fingerprint density at radius 3 is 2.70 bits per heavy atom. The number of hydrogen-bond donors (Lipinski definition) is 0. The van der Waals surface area contributed by atoms with E-state index in [2.05, 4.69) is 15.9 Å². The van der Waals surface area contributed by atoms with Crippen LogP contribution in [-0.4, -0.2) is 13.6 Å². The quantitative estimate of drug-likeness (QED) is 0.661. The predicted molar refractivity (Wildman–Crippen MR) is 86.6 cm³/mol. The first-order valence-corrected chi connectivity index (χ1v) is 7.28. The summed E-state index contributed by atoms with van der Waals surface area (Å²) in [4.78, 5) is 14.6. The molecule has 0 aliphatic rings. The van der Waals surface area contributed by atoms with Gasteiger partial charge in [0.2, 0.25) is 11.3 Å². The Bertz CT molecular complexity index is 854. The number of fused-ring (bicyclic) bond motifs is 3. The molecule has 3 aromatic rings. The highest BCUT2D eigenvalue weighted by Crippen LogP contribution is 2.30. The second-order valence-electron chi connectivity index (χ2n) is 4.72. The molecule has 2 aromatic carbocycles. The van der Waals surface area contributed by atoms with Gasteiger partial charge in [0.25, 0.3) is 0 Å². The van der Waals surface area contributed by atoms with Gasteiger partial charge in [-0.25, -0.2) is 0 Å². The number of rotatable bonds is 2. The second-order valence-corrected chi connectivity index (χ2v) is 5.52. The highest BCUT2D eigenvalue weighted by molar-refractivity contribution is 9.10. The van der Waals surface area contributed by atoms with Crippen molar-refractivity contribution in [2.45, 2.75) is 6.92 Å². The van der Waals surface area contributed by atoms with Crippen molar-refractivity contribution in [3.63, 3.8) is 0 Å². The fraction of sp³-hybridized carbons (Fsp3) is 0.188. The molecule has 0 unspecified atom stereocenters. The van der Waals surface area contributed by atoms with Crippen LogP contribution in [-0.2, 0) is 0 Å². The second kappa shape index (κ2) is 4.94. The van der Waals surface area contributed by atoms with Gasteiger partial charge in [0, 0.05) is 13.6 Å². The van der Waals surface area contributed by atoms with E-state index in [-0.39, 0.29) is 5.43 Å². The van der Waals surface area contributed by atoms with Crippen LogP contribution in [0.25, 0.3) is 21.7 Å². The normalized spacial score (nSPS) is 11.2. The van der Waals surface area contributed by atoms with E-state index in [1.54, 1.807) is 0 Å². The molecule has 3 rings (SSSR count). The average Bonchev–Trinajstić information content (AvgIpc) is 2.49. The highest BCUT2D eigenvalue weighted by Gasteiger charge is 2.16. The SMILES string of the molecule is CCN(C)c1oc2ccc3ccccc3c2c(=O)c1Br. The van der Waals surface area contributed by atoms with Crippen molar-refractivity contribution in [1.29, 1.82) is 0 Å². The summed E-state index contributed by atoms with van der Waals surface area (Å²) in [6.07, 6.45) is 0. The summed E-state index contributed by atoms with van der Waals surface area (Å²) in [6.45, 7) is 2.78. The molecule has 0 fully saturated rings. The molecule has 0 saturated heterocycles. The van der Waals surface area contributed by atoms with E-state index in [4.69, 9.17) is 4.42 Å². The molecule has 0 amide bonds. The Kier molecular flexibility index (Phi) is 3.26. The number of benzene rings is 2. The van der Waals surface area contributed by atoms with Gasteiger partial charge in [0.15, 0.2) is 0 Å². The Hall–Kier alpha value is -1.81. The summed E-state index contributed by atoms with van der Waals surface area (Å²) in [7, 11) is 1.90. The summed E-state index contributed by atoms with van der Waals surface area (Å²) in [5.74, 6) is 0.570. The third-order valence-electron chi connectivity index (χ3n) is 3.53. The lowest BCUT2D eigenvalue weighted by Gasteiger charge is -2.17. The van der Waals surface area contributed by atoms with E-state index in [9.17, 15) is 4.79 Å². The van der Waals surface area contributed by atoms with Crippen LogP contribution in [0.2, 0.25) is 0 Å². The Morgan fingerprint density at radius 2 is 1.95 bits per heavy atom. The van der Waals surface area contributed by atoms with Crippen molar-refractivity contribution < 1.29 is 4.42 Å². The fourth-order valence-electron chi connectivity index (χ4n) is 2.32. The molecule has 0 aliphatic carbocycles. The minimum absolute atomic E-state index is 0.0293. The van der Waals surface area contributed by atoms with Gasteiger partial charge in [-0.1, -0.05) is 30.3 Å². The summed E-state index contributed by atoms with van der Waals surface area (Å²) >= 11 is 3.38. The monoisotopic (exact) mass is 331 g/mol. The third kappa shape index (κ3) is 1.91. The van der Waals surface area contributed by atoms with Gasteiger partial charge in [-0.3, -0.25) is 4.79 Å². The van der Waals surface area contributed by atoms with Crippen LogP contribution in [0.3, 0.4) is 0 Å². The van der Waals surface area contributed by atoms with Gasteiger partial charge >= 0.3 is 0 Å². The molecule has 102 valence electrons. The zero-order valence-corrected chi connectivity index (χ0v) is 12.9. The van der Waals surface area contributed by atoms with Crippen molar-refractivity contribution in [3.05, 3.63) is 51.1 Å². The Morgan fingerprint density at radius 1 is 1.20 bits per heavy atom. The Labute approximate surface area is 124 Å². The number of nitrogens with zero attached hydrogens (tertiary/aromatic N) is 1. The lowest BCUT2D eigenvalue weighted by Crippen LogP contribution is -2.19. The van der Waals surface area contributed by atoms with E-state index in [1.807, 2.05) is 55.3 Å². The minimum Gasteiger partial charge on any atom is -0.439 e. The fourth-order valence-corrected chi connectivity index (χ4v) is 2.90. The molecule has 0 atom stereocenters. The molecule has 0 aliphatic heterocycles. The van der Waals surface area contributed by atoms with Crippen LogP contribution >= 0.6 is 15.9 Å². The molecule has 0 bridgehead atoms.